The van der Waals surface area contributed by atoms with Gasteiger partial charge in [-0.15, -0.1) is 5.10 Å². The lowest BCUT2D eigenvalue weighted by Crippen LogP contribution is -2.26. The molecule has 0 aliphatic heterocycles. The van der Waals surface area contributed by atoms with Gasteiger partial charge in [-0.25, -0.2) is 4.68 Å². The van der Waals surface area contributed by atoms with Crippen LogP contribution >= 0.6 is 0 Å². The maximum absolute atomic E-state index is 12.3. The van der Waals surface area contributed by atoms with Gasteiger partial charge in [0.15, 0.2) is 6.61 Å². The van der Waals surface area contributed by atoms with E-state index in [0.717, 1.165) is 4.68 Å². The van der Waals surface area contributed by atoms with E-state index in [1.54, 1.807) is 48.5 Å². The molecule has 9 heteroatoms. The minimum atomic E-state index is -0.628. The number of nitrogens with one attached hydrogen (secondary N) is 1. The highest BCUT2D eigenvalue weighted by Crippen LogP contribution is 2.22. The molecule has 0 atom stereocenters. The summed E-state index contributed by atoms with van der Waals surface area (Å²) in [6.07, 6.45) is -0.116. The number of anilines is 1. The quantitative estimate of drug-likeness (QED) is 0.614. The number of ether oxygens (including phenoxy) is 2. The molecule has 1 N–H and O–H groups in total. The van der Waals surface area contributed by atoms with Gasteiger partial charge < -0.3 is 14.8 Å². The van der Waals surface area contributed by atoms with E-state index < -0.39 is 18.5 Å². The van der Waals surface area contributed by atoms with Crippen LogP contribution in [0.5, 0.6) is 5.75 Å². The molecule has 28 heavy (non-hydrogen) atoms. The van der Waals surface area contributed by atoms with Gasteiger partial charge in [0, 0.05) is 0 Å². The number of methoxy groups -OCH3 is 1. The van der Waals surface area contributed by atoms with E-state index in [-0.39, 0.29) is 18.5 Å². The molecule has 0 radical (unpaired) electrons. The van der Waals surface area contributed by atoms with Crippen molar-refractivity contribution in [3.05, 3.63) is 58.9 Å². The van der Waals surface area contributed by atoms with Crippen LogP contribution in [0.3, 0.4) is 0 Å². The minimum Gasteiger partial charge on any atom is -0.495 e. The lowest BCUT2D eigenvalue weighted by Gasteiger charge is -2.10. The molecule has 0 saturated carbocycles. The smallest absolute Gasteiger partial charge is 0.308 e. The zero-order valence-electron chi connectivity index (χ0n) is 15.1. The summed E-state index contributed by atoms with van der Waals surface area (Å²) in [7, 11) is 1.49. The summed E-state index contributed by atoms with van der Waals surface area (Å²) in [6.45, 7) is -0.446. The zero-order valence-corrected chi connectivity index (χ0v) is 15.1. The van der Waals surface area contributed by atoms with Crippen molar-refractivity contribution < 1.29 is 19.1 Å². The monoisotopic (exact) mass is 382 g/mol. The Balaban J connectivity index is 1.51. The van der Waals surface area contributed by atoms with Gasteiger partial charge in [0.25, 0.3) is 11.5 Å². The van der Waals surface area contributed by atoms with Gasteiger partial charge in [-0.1, -0.05) is 29.5 Å². The van der Waals surface area contributed by atoms with Gasteiger partial charge in [-0.2, -0.15) is 0 Å². The van der Waals surface area contributed by atoms with Gasteiger partial charge in [0.1, 0.15) is 11.3 Å². The van der Waals surface area contributed by atoms with Crippen molar-refractivity contribution in [3.8, 4) is 5.75 Å². The molecule has 0 fully saturated rings. The van der Waals surface area contributed by atoms with E-state index in [0.29, 0.717) is 22.3 Å². The highest BCUT2D eigenvalue weighted by Gasteiger charge is 2.12. The number of aromatic nitrogens is 3. The second-order valence-electron chi connectivity index (χ2n) is 5.79. The summed E-state index contributed by atoms with van der Waals surface area (Å²) in [4.78, 5) is 36.1. The largest absolute Gasteiger partial charge is 0.495 e. The van der Waals surface area contributed by atoms with Crippen LogP contribution in [0.4, 0.5) is 5.69 Å². The average molecular weight is 382 g/mol. The number of nitrogens with zero attached hydrogens (tertiary/aromatic N) is 3. The minimum absolute atomic E-state index is 0.00360. The first kappa shape index (κ1) is 19.0. The van der Waals surface area contributed by atoms with Crippen molar-refractivity contribution in [2.24, 2.45) is 0 Å². The predicted molar refractivity (Wildman–Crippen MR) is 101 cm³/mol. The fraction of sp³-hybridized carbons (Fsp3) is 0.211. The fourth-order valence-electron chi connectivity index (χ4n) is 2.52. The Kier molecular flexibility index (Phi) is 5.95. The Morgan fingerprint density at radius 1 is 1.11 bits per heavy atom. The first-order valence-electron chi connectivity index (χ1n) is 8.49. The number of hydrogen-bond donors (Lipinski definition) is 1. The van der Waals surface area contributed by atoms with E-state index in [4.69, 9.17) is 9.47 Å². The number of rotatable bonds is 7. The Labute approximate surface area is 159 Å². The topological polar surface area (TPSA) is 112 Å². The molecule has 0 saturated heterocycles. The number of benzene rings is 2. The first-order valence-corrected chi connectivity index (χ1v) is 8.49. The van der Waals surface area contributed by atoms with E-state index in [1.807, 2.05) is 0 Å². The summed E-state index contributed by atoms with van der Waals surface area (Å²) < 4.78 is 11.2. The first-order chi connectivity index (χ1) is 13.6. The van der Waals surface area contributed by atoms with Crippen molar-refractivity contribution in [1.29, 1.82) is 0 Å². The van der Waals surface area contributed by atoms with Crippen LogP contribution in [-0.4, -0.2) is 40.6 Å². The van der Waals surface area contributed by atoms with Crippen LogP contribution in [0.2, 0.25) is 0 Å². The van der Waals surface area contributed by atoms with Crippen LogP contribution in [0.1, 0.15) is 6.42 Å². The van der Waals surface area contributed by atoms with E-state index in [2.05, 4.69) is 15.6 Å². The summed E-state index contributed by atoms with van der Waals surface area (Å²) >= 11 is 0. The molecule has 0 unspecified atom stereocenters. The summed E-state index contributed by atoms with van der Waals surface area (Å²) in [5.74, 6) is -0.631. The number of amides is 1. The molecule has 0 aliphatic carbocycles. The molecule has 1 amide bonds. The second kappa shape index (κ2) is 8.76. The van der Waals surface area contributed by atoms with Crippen molar-refractivity contribution in [2.45, 2.75) is 13.0 Å². The highest BCUT2D eigenvalue weighted by atomic mass is 16.5. The predicted octanol–water partition coefficient (Wildman–Crippen LogP) is 1.37. The van der Waals surface area contributed by atoms with Crippen molar-refractivity contribution in [1.82, 2.24) is 15.0 Å². The number of esters is 1. The molecule has 3 aromatic rings. The molecule has 144 valence electrons. The third-order valence-electron chi connectivity index (χ3n) is 3.90. The van der Waals surface area contributed by atoms with Crippen molar-refractivity contribution in [2.75, 3.05) is 19.0 Å². The van der Waals surface area contributed by atoms with Gasteiger partial charge in [0.2, 0.25) is 0 Å². The number of carbonyl (C=O) groups is 2. The van der Waals surface area contributed by atoms with Gasteiger partial charge in [-0.05, 0) is 24.3 Å². The van der Waals surface area contributed by atoms with Gasteiger partial charge in [-0.3, -0.25) is 14.4 Å². The number of para-hydroxylation sites is 2. The van der Waals surface area contributed by atoms with Crippen LogP contribution in [-0.2, 0) is 20.9 Å². The van der Waals surface area contributed by atoms with Crippen molar-refractivity contribution in [3.63, 3.8) is 0 Å². The fourth-order valence-corrected chi connectivity index (χ4v) is 2.52. The molecule has 1 heterocycles. The zero-order chi connectivity index (χ0) is 19.9. The van der Waals surface area contributed by atoms with Crippen LogP contribution in [0, 0.1) is 0 Å². The molecule has 2 aromatic carbocycles. The van der Waals surface area contributed by atoms with E-state index in [1.165, 1.54) is 7.11 Å². The Hall–Kier alpha value is -3.75. The second-order valence-corrected chi connectivity index (χ2v) is 5.79. The Morgan fingerprint density at radius 3 is 2.68 bits per heavy atom. The maximum atomic E-state index is 12.3. The summed E-state index contributed by atoms with van der Waals surface area (Å²) in [5.41, 5.74) is 0.621. The van der Waals surface area contributed by atoms with E-state index >= 15 is 0 Å². The molecule has 3 rings (SSSR count). The maximum Gasteiger partial charge on any atom is 0.308 e. The van der Waals surface area contributed by atoms with Crippen LogP contribution < -0.4 is 15.6 Å². The summed E-state index contributed by atoms with van der Waals surface area (Å²) in [6, 6.07) is 13.7. The SMILES string of the molecule is COc1ccccc1NC(=O)COC(=O)CCn1nnc2ccccc2c1=O. The lowest BCUT2D eigenvalue weighted by atomic mass is 10.2. The van der Waals surface area contributed by atoms with Crippen LogP contribution in [0.25, 0.3) is 10.9 Å². The number of carbonyl (C=O) groups excluding carboxylic acids is 2. The Bertz CT molecular complexity index is 1060. The van der Waals surface area contributed by atoms with Crippen molar-refractivity contribution >= 4 is 28.5 Å². The molecular formula is C19H18N4O5. The standard InChI is InChI=1S/C19H18N4O5/c1-27-16-9-5-4-8-15(16)20-17(24)12-28-18(25)10-11-23-19(26)13-6-2-3-7-14(13)21-22-23/h2-9H,10-12H2,1H3,(H,20,24). The molecular weight excluding hydrogens is 364 g/mol. The number of aryl methyl sites for hydroxylation is 1. The van der Waals surface area contributed by atoms with Gasteiger partial charge in [0.05, 0.1) is 31.1 Å². The molecule has 0 spiro atoms. The third kappa shape index (κ3) is 4.50. The van der Waals surface area contributed by atoms with Gasteiger partial charge >= 0.3 is 5.97 Å². The third-order valence-corrected chi connectivity index (χ3v) is 3.90. The molecule has 9 nitrogen and oxygen atoms in total. The molecule has 1 aromatic heterocycles. The highest BCUT2D eigenvalue weighted by molar-refractivity contribution is 5.94. The van der Waals surface area contributed by atoms with Crippen LogP contribution in [0.15, 0.2) is 53.3 Å². The average Bonchev–Trinajstić information content (AvgIpc) is 2.72. The summed E-state index contributed by atoms with van der Waals surface area (Å²) in [5, 5.41) is 10.8. The molecule has 0 aliphatic rings. The van der Waals surface area contributed by atoms with E-state index in [9.17, 15) is 14.4 Å². The number of hydrogen-bond acceptors (Lipinski definition) is 7. The molecule has 0 bridgehead atoms. The Morgan fingerprint density at radius 2 is 1.86 bits per heavy atom. The number of fused-ring (bicyclic) bond motifs is 1. The lowest BCUT2D eigenvalue weighted by molar-refractivity contribution is -0.147. The normalized spacial score (nSPS) is 10.5.